The number of pyridine rings is 1. The van der Waals surface area contributed by atoms with Crippen LogP contribution in [-0.4, -0.2) is 40.9 Å². The summed E-state index contributed by atoms with van der Waals surface area (Å²) in [5.74, 6) is 1.23. The van der Waals surface area contributed by atoms with Gasteiger partial charge in [-0.25, -0.2) is 0 Å². The highest BCUT2D eigenvalue weighted by Crippen LogP contribution is 2.34. The van der Waals surface area contributed by atoms with E-state index in [9.17, 15) is 4.79 Å². The van der Waals surface area contributed by atoms with Crippen molar-refractivity contribution in [2.75, 3.05) is 13.7 Å². The van der Waals surface area contributed by atoms with Gasteiger partial charge >= 0.3 is 0 Å². The van der Waals surface area contributed by atoms with Gasteiger partial charge in [-0.1, -0.05) is 56.4 Å². The molecule has 2 heterocycles. The van der Waals surface area contributed by atoms with Gasteiger partial charge in [-0.2, -0.15) is 0 Å². The number of rotatable bonds is 5. The molecule has 2 N–H and O–H groups in total. The topological polar surface area (TPSA) is 78.3 Å². The van der Waals surface area contributed by atoms with Crippen LogP contribution in [0.1, 0.15) is 38.5 Å². The number of benzene rings is 1. The molecule has 6 nitrogen and oxygen atoms in total. The number of carbonyl (C=O) groups is 1. The summed E-state index contributed by atoms with van der Waals surface area (Å²) in [4.78, 5) is 18.7. The van der Waals surface area contributed by atoms with Crippen molar-refractivity contribution < 1.29 is 9.53 Å². The van der Waals surface area contributed by atoms with Crippen molar-refractivity contribution in [2.45, 2.75) is 44.1 Å². The first kappa shape index (κ1) is 17.8. The van der Waals surface area contributed by atoms with E-state index in [-0.39, 0.29) is 18.5 Å². The fraction of sp³-hybridized carbons (Fsp3) is 0.476. The van der Waals surface area contributed by atoms with Crippen LogP contribution in [0, 0.1) is 11.3 Å². The van der Waals surface area contributed by atoms with Crippen molar-refractivity contribution >= 4 is 22.6 Å². The van der Waals surface area contributed by atoms with Crippen LogP contribution in [0.2, 0.25) is 0 Å². The molecule has 1 saturated carbocycles. The van der Waals surface area contributed by atoms with E-state index < -0.39 is 5.54 Å². The number of fused-ring (bicyclic) bond motifs is 1. The normalized spacial score (nSPS) is 23.7. The monoisotopic (exact) mass is 366 g/mol. The summed E-state index contributed by atoms with van der Waals surface area (Å²) in [5.41, 5.74) is -0.870. The molecule has 0 unspecified atom stereocenters. The second-order valence-electron chi connectivity index (χ2n) is 7.78. The maximum Gasteiger partial charge on any atom is 0.258 e. The summed E-state index contributed by atoms with van der Waals surface area (Å²) in [6.07, 6.45) is 10.2. The highest BCUT2D eigenvalue weighted by atomic mass is 16.5. The Morgan fingerprint density at radius 1 is 1.26 bits per heavy atom. The third kappa shape index (κ3) is 3.36. The first-order valence-corrected chi connectivity index (χ1v) is 9.69. The first-order chi connectivity index (χ1) is 13.1. The highest BCUT2D eigenvalue weighted by molar-refractivity contribution is 6.07. The number of amides is 1. The lowest BCUT2D eigenvalue weighted by molar-refractivity contribution is -0.132. The van der Waals surface area contributed by atoms with Crippen LogP contribution in [0.5, 0.6) is 5.75 Å². The Hall–Kier alpha value is -2.63. The zero-order chi connectivity index (χ0) is 18.9. The molecule has 1 saturated heterocycles. The first-order valence-electron chi connectivity index (χ1n) is 9.69. The Morgan fingerprint density at radius 3 is 2.78 bits per heavy atom. The van der Waals surface area contributed by atoms with Crippen molar-refractivity contribution in [3.8, 4) is 5.75 Å². The molecule has 1 aromatic carbocycles. The minimum absolute atomic E-state index is 0.0775. The number of nitrogens with one attached hydrogen (secondary N) is 2. The van der Waals surface area contributed by atoms with Crippen molar-refractivity contribution in [3.63, 3.8) is 0 Å². The lowest BCUT2D eigenvalue weighted by Gasteiger charge is -2.32. The molecule has 27 heavy (non-hydrogen) atoms. The van der Waals surface area contributed by atoms with E-state index in [1.54, 1.807) is 13.2 Å². The smallest absolute Gasteiger partial charge is 0.258 e. The fourth-order valence-corrected chi connectivity index (χ4v) is 4.37. The fourth-order valence-electron chi connectivity index (χ4n) is 4.37. The van der Waals surface area contributed by atoms with E-state index in [1.807, 2.05) is 30.5 Å². The quantitative estimate of drug-likeness (QED) is 0.851. The zero-order valence-electron chi connectivity index (χ0n) is 15.7. The number of guanidine groups is 1. The molecule has 0 spiro atoms. The van der Waals surface area contributed by atoms with Crippen LogP contribution in [0.25, 0.3) is 10.8 Å². The largest absolute Gasteiger partial charge is 0.488 e. The molecular weight excluding hydrogens is 340 g/mol. The summed E-state index contributed by atoms with van der Waals surface area (Å²) in [6.45, 7) is 0.199. The number of aromatic nitrogens is 1. The van der Waals surface area contributed by atoms with Crippen LogP contribution < -0.4 is 10.1 Å². The summed E-state index contributed by atoms with van der Waals surface area (Å²) >= 11 is 0. The molecular formula is C21H26N4O2. The predicted octanol–water partition coefficient (Wildman–Crippen LogP) is 3.32. The van der Waals surface area contributed by atoms with E-state index >= 15 is 0 Å². The van der Waals surface area contributed by atoms with Crippen LogP contribution in [0.3, 0.4) is 0 Å². The Morgan fingerprint density at radius 2 is 2.04 bits per heavy atom. The van der Waals surface area contributed by atoms with Gasteiger partial charge in [-0.15, -0.1) is 0 Å². The number of nitrogens with zero attached hydrogens (tertiary/aromatic N) is 2. The van der Waals surface area contributed by atoms with E-state index in [2.05, 4.69) is 10.3 Å². The summed E-state index contributed by atoms with van der Waals surface area (Å²) in [6, 6.07) is 7.93. The van der Waals surface area contributed by atoms with E-state index in [4.69, 9.17) is 10.1 Å². The minimum atomic E-state index is -0.870. The molecule has 1 atom stereocenters. The van der Waals surface area contributed by atoms with Gasteiger partial charge in [0.2, 0.25) is 0 Å². The van der Waals surface area contributed by atoms with Crippen LogP contribution in [0.4, 0.5) is 0 Å². The lowest BCUT2D eigenvalue weighted by Crippen LogP contribution is -2.53. The van der Waals surface area contributed by atoms with E-state index in [1.165, 1.54) is 24.2 Å². The maximum atomic E-state index is 13.0. The van der Waals surface area contributed by atoms with Crippen molar-refractivity contribution in [2.24, 2.45) is 5.92 Å². The number of likely N-dealkylation sites (N-methyl/N-ethyl adjacent to an activating group) is 1. The maximum absolute atomic E-state index is 13.0. The molecule has 2 aromatic rings. The van der Waals surface area contributed by atoms with Crippen molar-refractivity contribution in [1.82, 2.24) is 15.2 Å². The molecule has 1 aliphatic carbocycles. The van der Waals surface area contributed by atoms with Gasteiger partial charge < -0.3 is 10.1 Å². The molecule has 1 amide bonds. The molecule has 1 aromatic heterocycles. The van der Waals surface area contributed by atoms with Gasteiger partial charge in [-0.3, -0.25) is 20.1 Å². The van der Waals surface area contributed by atoms with Gasteiger partial charge in [-0.05, 0) is 12.3 Å². The summed E-state index contributed by atoms with van der Waals surface area (Å²) in [7, 11) is 1.65. The number of ether oxygens (including phenoxy) is 1. The SMILES string of the molecule is CN1C(=N)N[C@](COc2cncc3ccccc23)(CC2CCCCC2)C1=O. The van der Waals surface area contributed by atoms with Gasteiger partial charge in [0, 0.05) is 24.0 Å². The van der Waals surface area contributed by atoms with Crippen molar-refractivity contribution in [1.29, 1.82) is 5.41 Å². The van der Waals surface area contributed by atoms with Crippen LogP contribution in [0.15, 0.2) is 36.7 Å². The average molecular weight is 366 g/mol. The second kappa shape index (κ2) is 7.18. The van der Waals surface area contributed by atoms with Crippen LogP contribution >= 0.6 is 0 Å². The highest BCUT2D eigenvalue weighted by Gasteiger charge is 2.50. The lowest BCUT2D eigenvalue weighted by atomic mass is 9.79. The molecule has 4 rings (SSSR count). The van der Waals surface area contributed by atoms with E-state index in [0.29, 0.717) is 18.1 Å². The number of carbonyl (C=O) groups excluding carboxylic acids is 1. The van der Waals surface area contributed by atoms with E-state index in [0.717, 1.165) is 23.6 Å². The molecule has 2 fully saturated rings. The zero-order valence-corrected chi connectivity index (χ0v) is 15.7. The molecule has 1 aliphatic heterocycles. The average Bonchev–Trinajstić information content (AvgIpc) is 2.91. The third-order valence-electron chi connectivity index (χ3n) is 5.87. The third-order valence-corrected chi connectivity index (χ3v) is 5.87. The number of hydrogen-bond acceptors (Lipinski definition) is 4. The van der Waals surface area contributed by atoms with Crippen molar-refractivity contribution in [3.05, 3.63) is 36.7 Å². The Kier molecular flexibility index (Phi) is 4.72. The van der Waals surface area contributed by atoms with Gasteiger partial charge in [0.15, 0.2) is 11.5 Å². The molecule has 0 bridgehead atoms. The molecule has 2 aliphatic rings. The minimum Gasteiger partial charge on any atom is -0.488 e. The van der Waals surface area contributed by atoms with Gasteiger partial charge in [0.05, 0.1) is 6.20 Å². The van der Waals surface area contributed by atoms with Gasteiger partial charge in [0.25, 0.3) is 5.91 Å². The van der Waals surface area contributed by atoms with Crippen LogP contribution in [-0.2, 0) is 4.79 Å². The second-order valence-corrected chi connectivity index (χ2v) is 7.78. The Balaban J connectivity index is 1.59. The molecule has 0 radical (unpaired) electrons. The summed E-state index contributed by atoms with van der Waals surface area (Å²) in [5, 5.41) is 13.2. The standard InChI is InChI=1S/C21H26N4O2/c1-25-19(26)21(24-20(25)22,11-15-7-3-2-4-8-15)14-27-18-13-23-12-16-9-5-6-10-17(16)18/h5-6,9-10,12-13,15H,2-4,7-8,11,14H2,1H3,(H2,22,24)/t21-/m0/s1. The predicted molar refractivity (Wildman–Crippen MR) is 105 cm³/mol. The molecule has 6 heteroatoms. The Labute approximate surface area is 159 Å². The summed E-state index contributed by atoms with van der Waals surface area (Å²) < 4.78 is 6.15. The molecule has 142 valence electrons. The Bertz CT molecular complexity index is 857. The number of hydrogen-bond donors (Lipinski definition) is 2. The van der Waals surface area contributed by atoms with Gasteiger partial charge in [0.1, 0.15) is 12.4 Å².